The average Bonchev–Trinajstić information content (AvgIpc) is 3.00. The molecule has 2 aliphatic rings. The van der Waals surface area contributed by atoms with E-state index in [1.807, 2.05) is 32.9 Å². The van der Waals surface area contributed by atoms with Gasteiger partial charge in [0.25, 0.3) is 11.5 Å². The number of carbonyl (C=O) groups is 1. The molecule has 1 amide bonds. The number of fused-ring (bicyclic) bond motifs is 1. The van der Waals surface area contributed by atoms with Gasteiger partial charge < -0.3 is 5.32 Å². The van der Waals surface area contributed by atoms with Crippen molar-refractivity contribution in [1.29, 1.82) is 0 Å². The van der Waals surface area contributed by atoms with Crippen LogP contribution in [-0.4, -0.2) is 36.6 Å². The van der Waals surface area contributed by atoms with Crippen LogP contribution in [0.2, 0.25) is 0 Å². The first-order valence-electron chi connectivity index (χ1n) is 10.8. The van der Waals surface area contributed by atoms with Crippen LogP contribution in [0.3, 0.4) is 0 Å². The highest BCUT2D eigenvalue weighted by atomic mass is 32.2. The summed E-state index contributed by atoms with van der Waals surface area (Å²) in [6.07, 6.45) is 7.80. The zero-order chi connectivity index (χ0) is 22.3. The van der Waals surface area contributed by atoms with Crippen LogP contribution < -0.4 is 10.9 Å². The summed E-state index contributed by atoms with van der Waals surface area (Å²) >= 11 is 6.64. The summed E-state index contributed by atoms with van der Waals surface area (Å²) in [5.41, 5.74) is 1.78. The molecule has 1 saturated heterocycles. The number of thioether (sulfide) groups is 1. The molecule has 31 heavy (non-hydrogen) atoms. The fraction of sp³-hybridized carbons (Fsp3) is 0.478. The Hall–Kier alpha value is -2.19. The molecule has 0 bridgehead atoms. The molecule has 0 spiro atoms. The second-order valence-corrected chi connectivity index (χ2v) is 10.5. The number of hydrogen-bond donors (Lipinski definition) is 1. The van der Waals surface area contributed by atoms with Gasteiger partial charge in [0.05, 0.1) is 10.5 Å². The zero-order valence-corrected chi connectivity index (χ0v) is 20.0. The van der Waals surface area contributed by atoms with Crippen molar-refractivity contribution in [2.45, 2.75) is 65.5 Å². The number of anilines is 1. The third-order valence-electron chi connectivity index (χ3n) is 6.06. The highest BCUT2D eigenvalue weighted by Gasteiger charge is 2.34. The van der Waals surface area contributed by atoms with E-state index in [0.29, 0.717) is 26.3 Å². The third-order valence-corrected chi connectivity index (χ3v) is 7.39. The van der Waals surface area contributed by atoms with Crippen molar-refractivity contribution in [3.63, 3.8) is 0 Å². The Balaban J connectivity index is 1.81. The molecule has 2 aromatic rings. The number of thiocarbonyl (C=S) groups is 1. The molecule has 6 nitrogen and oxygen atoms in total. The van der Waals surface area contributed by atoms with E-state index < -0.39 is 0 Å². The minimum atomic E-state index is -0.185. The van der Waals surface area contributed by atoms with Crippen molar-refractivity contribution in [3.8, 4) is 0 Å². The topological polar surface area (TPSA) is 66.7 Å². The first-order chi connectivity index (χ1) is 14.8. The number of aryl methyl sites for hydroxylation is 1. The van der Waals surface area contributed by atoms with E-state index in [2.05, 4.69) is 12.2 Å². The SMILES string of the molecule is Cc1cccn2c(=O)c(/C=C3/SC(=S)N(C(C)C)C3=O)c(NC3CCC(C)CC3)nc12. The molecule has 0 aromatic carbocycles. The molecule has 164 valence electrons. The molecule has 0 radical (unpaired) electrons. The van der Waals surface area contributed by atoms with E-state index in [1.54, 1.807) is 21.6 Å². The van der Waals surface area contributed by atoms with Gasteiger partial charge in [0.2, 0.25) is 0 Å². The number of amides is 1. The Morgan fingerprint density at radius 1 is 1.26 bits per heavy atom. The number of rotatable bonds is 4. The van der Waals surface area contributed by atoms with E-state index in [9.17, 15) is 9.59 Å². The van der Waals surface area contributed by atoms with Crippen molar-refractivity contribution in [3.05, 3.63) is 44.7 Å². The van der Waals surface area contributed by atoms with Crippen LogP contribution in [0.15, 0.2) is 28.0 Å². The average molecular weight is 457 g/mol. The predicted molar refractivity (Wildman–Crippen MR) is 131 cm³/mol. The molecule has 1 N–H and O–H groups in total. The molecule has 1 saturated carbocycles. The van der Waals surface area contributed by atoms with Crippen molar-refractivity contribution in [2.75, 3.05) is 5.32 Å². The molecular weight excluding hydrogens is 428 g/mol. The molecule has 3 heterocycles. The fourth-order valence-electron chi connectivity index (χ4n) is 4.21. The van der Waals surface area contributed by atoms with Crippen LogP contribution in [0.25, 0.3) is 11.7 Å². The number of pyridine rings is 1. The Kier molecular flexibility index (Phi) is 6.21. The van der Waals surface area contributed by atoms with Crippen LogP contribution in [0, 0.1) is 12.8 Å². The molecule has 1 aliphatic carbocycles. The summed E-state index contributed by atoms with van der Waals surface area (Å²) in [5.74, 6) is 1.12. The molecular formula is C23H28N4O2S2. The van der Waals surface area contributed by atoms with Crippen LogP contribution in [0.5, 0.6) is 0 Å². The van der Waals surface area contributed by atoms with Gasteiger partial charge >= 0.3 is 0 Å². The van der Waals surface area contributed by atoms with Crippen molar-refractivity contribution >= 4 is 51.7 Å². The smallest absolute Gasteiger partial charge is 0.267 e. The van der Waals surface area contributed by atoms with Gasteiger partial charge in [-0.3, -0.25) is 18.9 Å². The van der Waals surface area contributed by atoms with Gasteiger partial charge in [0.1, 0.15) is 15.8 Å². The maximum atomic E-state index is 13.5. The highest BCUT2D eigenvalue weighted by molar-refractivity contribution is 8.26. The number of carbonyl (C=O) groups excluding carboxylic acids is 1. The van der Waals surface area contributed by atoms with E-state index >= 15 is 0 Å². The lowest BCUT2D eigenvalue weighted by Crippen LogP contribution is -2.34. The number of hydrogen-bond acceptors (Lipinski definition) is 6. The minimum Gasteiger partial charge on any atom is -0.367 e. The van der Waals surface area contributed by atoms with Crippen molar-refractivity contribution < 1.29 is 4.79 Å². The minimum absolute atomic E-state index is 0.0290. The largest absolute Gasteiger partial charge is 0.367 e. The van der Waals surface area contributed by atoms with Crippen LogP contribution in [0.4, 0.5) is 5.82 Å². The quantitative estimate of drug-likeness (QED) is 0.536. The third kappa shape index (κ3) is 4.28. The predicted octanol–water partition coefficient (Wildman–Crippen LogP) is 4.60. The van der Waals surface area contributed by atoms with Gasteiger partial charge in [0.15, 0.2) is 0 Å². The van der Waals surface area contributed by atoms with Crippen molar-refractivity contribution in [1.82, 2.24) is 14.3 Å². The van der Waals surface area contributed by atoms with Gasteiger partial charge in [-0.15, -0.1) is 0 Å². The highest BCUT2D eigenvalue weighted by Crippen LogP contribution is 2.34. The number of nitrogens with zero attached hydrogens (tertiary/aromatic N) is 3. The van der Waals surface area contributed by atoms with Crippen molar-refractivity contribution in [2.24, 2.45) is 5.92 Å². The lowest BCUT2D eigenvalue weighted by atomic mass is 9.87. The first-order valence-corrected chi connectivity index (χ1v) is 12.0. The molecule has 4 rings (SSSR count). The summed E-state index contributed by atoms with van der Waals surface area (Å²) < 4.78 is 2.07. The Labute approximate surface area is 192 Å². The molecule has 2 aromatic heterocycles. The second-order valence-electron chi connectivity index (χ2n) is 8.81. The Morgan fingerprint density at radius 2 is 1.97 bits per heavy atom. The molecule has 2 fully saturated rings. The summed E-state index contributed by atoms with van der Waals surface area (Å²) in [4.78, 5) is 33.3. The Morgan fingerprint density at radius 3 is 2.61 bits per heavy atom. The van der Waals surface area contributed by atoms with E-state index in [0.717, 1.165) is 37.2 Å². The van der Waals surface area contributed by atoms with Gasteiger partial charge in [-0.2, -0.15) is 0 Å². The summed E-state index contributed by atoms with van der Waals surface area (Å²) in [6.45, 7) is 8.09. The standard InChI is InChI=1S/C23H28N4O2S2/c1-13(2)27-22(29)18(31-23(27)30)12-17-19(24-16-9-7-14(3)8-10-16)25-20-15(4)6-5-11-26(20)21(17)28/h5-6,11-14,16,24H,7-10H2,1-4H3/b18-12+. The summed E-state index contributed by atoms with van der Waals surface area (Å²) in [6, 6.07) is 4.02. The lowest BCUT2D eigenvalue weighted by molar-refractivity contribution is -0.123. The number of nitrogens with one attached hydrogen (secondary N) is 1. The first kappa shape index (κ1) is 22.0. The van der Waals surface area contributed by atoms with Gasteiger partial charge in [-0.25, -0.2) is 4.98 Å². The Bertz CT molecular complexity index is 1130. The molecule has 0 unspecified atom stereocenters. The second kappa shape index (κ2) is 8.74. The maximum Gasteiger partial charge on any atom is 0.267 e. The van der Waals surface area contributed by atoms with Crippen LogP contribution in [-0.2, 0) is 4.79 Å². The molecule has 1 aliphatic heterocycles. The van der Waals surface area contributed by atoms with E-state index in [4.69, 9.17) is 17.2 Å². The van der Waals surface area contributed by atoms with Gasteiger partial charge in [-0.05, 0) is 70.1 Å². The van der Waals surface area contributed by atoms with Gasteiger partial charge in [-0.1, -0.05) is 37.0 Å². The van der Waals surface area contributed by atoms with Gasteiger partial charge in [0, 0.05) is 18.3 Å². The molecule has 0 atom stereocenters. The molecule has 8 heteroatoms. The van der Waals surface area contributed by atoms with E-state index in [-0.39, 0.29) is 23.6 Å². The summed E-state index contributed by atoms with van der Waals surface area (Å²) in [7, 11) is 0. The van der Waals surface area contributed by atoms with E-state index in [1.165, 1.54) is 11.8 Å². The zero-order valence-electron chi connectivity index (χ0n) is 18.3. The number of aromatic nitrogens is 2. The monoisotopic (exact) mass is 456 g/mol. The maximum absolute atomic E-state index is 13.5. The van der Waals surface area contributed by atoms with Crippen LogP contribution in [0.1, 0.15) is 57.6 Å². The summed E-state index contributed by atoms with van der Waals surface area (Å²) in [5, 5.41) is 3.53. The lowest BCUT2D eigenvalue weighted by Gasteiger charge is -2.28. The normalized spacial score (nSPS) is 23.4. The van der Waals surface area contributed by atoms with Crippen LogP contribution >= 0.6 is 24.0 Å². The fourth-order valence-corrected chi connectivity index (χ4v) is 5.71.